The maximum Gasteiger partial charge on any atom is 0.490 e. The standard InChI is InChI=1S/C22H26F3NO3.C2HF3O2/c23-22(24,25)19-9-5-18(6-10-19)4-2-16-29-20-11-7-17(8-12-20)3-1-14-26-15-13-21(27)28;3-2(4,5)1(6)7/h5-12,26H,1-4,13-16H2,(H,27,28);(H,6,7). The summed E-state index contributed by atoms with van der Waals surface area (Å²) in [7, 11) is 0. The Labute approximate surface area is 203 Å². The van der Waals surface area contributed by atoms with Gasteiger partial charge >= 0.3 is 24.3 Å². The molecule has 0 saturated heterocycles. The van der Waals surface area contributed by atoms with Crippen molar-refractivity contribution in [1.29, 1.82) is 0 Å². The Morgan fingerprint density at radius 3 is 1.75 bits per heavy atom. The number of carbonyl (C=O) groups is 2. The summed E-state index contributed by atoms with van der Waals surface area (Å²) in [5, 5.41) is 18.8. The lowest BCUT2D eigenvalue weighted by Crippen LogP contribution is -2.21. The first-order chi connectivity index (χ1) is 16.8. The van der Waals surface area contributed by atoms with Gasteiger partial charge in [0.25, 0.3) is 0 Å². The second-order valence-electron chi connectivity index (χ2n) is 7.59. The molecule has 2 rings (SSSR count). The van der Waals surface area contributed by atoms with Crippen molar-refractivity contribution in [2.45, 2.75) is 44.5 Å². The minimum Gasteiger partial charge on any atom is -0.494 e. The van der Waals surface area contributed by atoms with Gasteiger partial charge in [-0.3, -0.25) is 4.79 Å². The fraction of sp³-hybridized carbons (Fsp3) is 0.417. The molecule has 0 saturated carbocycles. The van der Waals surface area contributed by atoms with Crippen LogP contribution in [0.4, 0.5) is 26.3 Å². The monoisotopic (exact) mass is 523 g/mol. The van der Waals surface area contributed by atoms with Crippen molar-refractivity contribution in [3.8, 4) is 5.75 Å². The number of rotatable bonds is 12. The number of alkyl halides is 6. The van der Waals surface area contributed by atoms with Crippen LogP contribution in [0.2, 0.25) is 0 Å². The summed E-state index contributed by atoms with van der Waals surface area (Å²) in [4.78, 5) is 19.3. The van der Waals surface area contributed by atoms with Gasteiger partial charge in [0, 0.05) is 6.54 Å². The quantitative estimate of drug-likeness (QED) is 0.257. The normalized spacial score (nSPS) is 11.4. The maximum atomic E-state index is 12.5. The molecule has 2 aromatic carbocycles. The highest BCUT2D eigenvalue weighted by Crippen LogP contribution is 2.29. The number of nitrogens with one attached hydrogen (secondary N) is 1. The number of halogens is 6. The summed E-state index contributed by atoms with van der Waals surface area (Å²) in [5.41, 5.74) is 1.41. The molecule has 0 aliphatic carbocycles. The van der Waals surface area contributed by atoms with Crippen LogP contribution in [0.1, 0.15) is 36.0 Å². The average molecular weight is 523 g/mol. The van der Waals surface area contributed by atoms with E-state index in [1.165, 1.54) is 17.7 Å². The summed E-state index contributed by atoms with van der Waals surface area (Å²) in [6.07, 6.45) is -6.06. The molecule has 0 unspecified atom stereocenters. The summed E-state index contributed by atoms with van der Waals surface area (Å²) < 4.78 is 75.1. The lowest BCUT2D eigenvalue weighted by Gasteiger charge is -2.09. The zero-order chi connectivity index (χ0) is 27.2. The smallest absolute Gasteiger partial charge is 0.490 e. The van der Waals surface area contributed by atoms with Crippen LogP contribution in [-0.4, -0.2) is 48.0 Å². The zero-order valence-electron chi connectivity index (χ0n) is 19.2. The van der Waals surface area contributed by atoms with Crippen molar-refractivity contribution in [2.75, 3.05) is 19.7 Å². The topological polar surface area (TPSA) is 95.9 Å². The Hall–Kier alpha value is -3.28. The van der Waals surface area contributed by atoms with Gasteiger partial charge in [-0.05, 0) is 67.6 Å². The molecule has 36 heavy (non-hydrogen) atoms. The maximum absolute atomic E-state index is 12.5. The van der Waals surface area contributed by atoms with E-state index in [0.717, 1.165) is 49.3 Å². The molecule has 0 spiro atoms. The van der Waals surface area contributed by atoms with E-state index in [1.807, 2.05) is 24.3 Å². The predicted molar refractivity (Wildman–Crippen MR) is 119 cm³/mol. The molecule has 2 aromatic rings. The second kappa shape index (κ2) is 15.0. The van der Waals surface area contributed by atoms with E-state index in [4.69, 9.17) is 19.7 Å². The van der Waals surface area contributed by atoms with Gasteiger partial charge in [-0.25, -0.2) is 4.79 Å². The molecule has 12 heteroatoms. The highest BCUT2D eigenvalue weighted by molar-refractivity contribution is 5.73. The van der Waals surface area contributed by atoms with Crippen LogP contribution in [-0.2, 0) is 28.6 Å². The van der Waals surface area contributed by atoms with Crippen molar-refractivity contribution in [3.05, 3.63) is 65.2 Å². The first-order valence-electron chi connectivity index (χ1n) is 10.9. The summed E-state index contributed by atoms with van der Waals surface area (Å²) in [6, 6.07) is 13.1. The van der Waals surface area contributed by atoms with Crippen molar-refractivity contribution in [1.82, 2.24) is 5.32 Å². The third kappa shape index (κ3) is 13.6. The van der Waals surface area contributed by atoms with Gasteiger partial charge in [0.2, 0.25) is 0 Å². The molecule has 6 nitrogen and oxygen atoms in total. The van der Waals surface area contributed by atoms with Gasteiger partial charge in [-0.1, -0.05) is 24.3 Å². The van der Waals surface area contributed by atoms with Crippen LogP contribution >= 0.6 is 0 Å². The lowest BCUT2D eigenvalue weighted by molar-refractivity contribution is -0.192. The largest absolute Gasteiger partial charge is 0.494 e. The molecule has 3 N–H and O–H groups in total. The minimum atomic E-state index is -5.08. The van der Waals surface area contributed by atoms with E-state index >= 15 is 0 Å². The number of aryl methyl sites for hydroxylation is 2. The van der Waals surface area contributed by atoms with E-state index < -0.39 is 29.9 Å². The van der Waals surface area contributed by atoms with Crippen LogP contribution in [0.15, 0.2) is 48.5 Å². The van der Waals surface area contributed by atoms with Gasteiger partial charge in [0.05, 0.1) is 18.6 Å². The number of benzene rings is 2. The molecular weight excluding hydrogens is 496 g/mol. The lowest BCUT2D eigenvalue weighted by atomic mass is 10.1. The van der Waals surface area contributed by atoms with Gasteiger partial charge in [0.15, 0.2) is 0 Å². The molecule has 0 atom stereocenters. The molecule has 0 fully saturated rings. The van der Waals surface area contributed by atoms with Crippen molar-refractivity contribution >= 4 is 11.9 Å². The fourth-order valence-corrected chi connectivity index (χ4v) is 2.82. The highest BCUT2D eigenvalue weighted by atomic mass is 19.4. The second-order valence-corrected chi connectivity index (χ2v) is 7.59. The summed E-state index contributed by atoms with van der Waals surface area (Å²) >= 11 is 0. The average Bonchev–Trinajstić information content (AvgIpc) is 2.79. The van der Waals surface area contributed by atoms with Gasteiger partial charge in [-0.15, -0.1) is 0 Å². The summed E-state index contributed by atoms with van der Waals surface area (Å²) in [6.45, 7) is 1.75. The highest BCUT2D eigenvalue weighted by Gasteiger charge is 2.38. The van der Waals surface area contributed by atoms with E-state index in [2.05, 4.69) is 5.32 Å². The molecule has 0 aliphatic rings. The Morgan fingerprint density at radius 2 is 1.28 bits per heavy atom. The van der Waals surface area contributed by atoms with Crippen LogP contribution < -0.4 is 10.1 Å². The van der Waals surface area contributed by atoms with Crippen LogP contribution in [0, 0.1) is 0 Å². The third-order valence-corrected chi connectivity index (χ3v) is 4.66. The zero-order valence-corrected chi connectivity index (χ0v) is 19.2. The van der Waals surface area contributed by atoms with Crippen LogP contribution in [0.25, 0.3) is 0 Å². The van der Waals surface area contributed by atoms with Crippen molar-refractivity contribution < 1.29 is 50.9 Å². The van der Waals surface area contributed by atoms with E-state index in [0.29, 0.717) is 19.6 Å². The Bertz CT molecular complexity index is 928. The number of carboxylic acids is 2. The predicted octanol–water partition coefficient (Wildman–Crippen LogP) is 5.35. The molecule has 0 bridgehead atoms. The first kappa shape index (κ1) is 30.8. The third-order valence-electron chi connectivity index (χ3n) is 4.66. The van der Waals surface area contributed by atoms with E-state index in [1.54, 1.807) is 0 Å². The number of hydrogen-bond acceptors (Lipinski definition) is 4. The Balaban J connectivity index is 0.000000809. The molecular formula is C24H27F6NO5. The van der Waals surface area contributed by atoms with Crippen molar-refractivity contribution in [3.63, 3.8) is 0 Å². The van der Waals surface area contributed by atoms with Crippen LogP contribution in [0.5, 0.6) is 5.75 Å². The van der Waals surface area contributed by atoms with Gasteiger partial charge in [0.1, 0.15) is 5.75 Å². The summed E-state index contributed by atoms with van der Waals surface area (Å²) in [5.74, 6) is -2.79. The molecule has 200 valence electrons. The SMILES string of the molecule is O=C(O)C(F)(F)F.O=C(O)CCNCCCc1ccc(OCCCc2ccc(C(F)(F)F)cc2)cc1. The Morgan fingerprint density at radius 1 is 0.778 bits per heavy atom. The fourth-order valence-electron chi connectivity index (χ4n) is 2.82. The Kier molecular flexibility index (Phi) is 12.8. The van der Waals surface area contributed by atoms with Crippen LogP contribution in [0.3, 0.4) is 0 Å². The number of aliphatic carboxylic acids is 2. The molecule has 0 aliphatic heterocycles. The van der Waals surface area contributed by atoms with E-state index in [9.17, 15) is 31.1 Å². The number of carboxylic acid groups (broad SMARTS) is 2. The first-order valence-corrected chi connectivity index (χ1v) is 10.9. The van der Waals surface area contributed by atoms with Gasteiger partial charge in [-0.2, -0.15) is 26.3 Å². The number of ether oxygens (including phenoxy) is 1. The number of hydrogen-bond donors (Lipinski definition) is 3. The molecule has 0 radical (unpaired) electrons. The molecule has 0 heterocycles. The van der Waals surface area contributed by atoms with E-state index in [-0.39, 0.29) is 6.42 Å². The minimum absolute atomic E-state index is 0.130. The molecule has 0 amide bonds. The molecule has 0 aromatic heterocycles. The van der Waals surface area contributed by atoms with Crippen molar-refractivity contribution in [2.24, 2.45) is 0 Å². The van der Waals surface area contributed by atoms with Gasteiger partial charge < -0.3 is 20.3 Å².